The highest BCUT2D eigenvalue weighted by Gasteiger charge is 2.23. The fourth-order valence-corrected chi connectivity index (χ4v) is 2.88. The van der Waals surface area contributed by atoms with Crippen LogP contribution in [0.3, 0.4) is 0 Å². The average molecular weight is 338 g/mol. The maximum Gasteiger partial charge on any atom is 0.317 e. The standard InChI is InChI=1S/C19H22N4O2/c24-18(16-6-10-20-11-7-16)22-17-8-12-23(13-9-17)19(25)21-14-15-4-2-1-3-5-15/h1-7,10-11,17H,8-9,12-14H2,(H,21,25)(H,22,24). The van der Waals surface area contributed by atoms with Crippen LogP contribution in [0.25, 0.3) is 0 Å². The Morgan fingerprint density at radius 3 is 2.40 bits per heavy atom. The maximum atomic E-state index is 12.2. The lowest BCUT2D eigenvalue weighted by molar-refractivity contribution is 0.0917. The number of likely N-dealkylation sites (tertiary alicyclic amines) is 1. The predicted molar refractivity (Wildman–Crippen MR) is 95.0 cm³/mol. The third-order valence-electron chi connectivity index (χ3n) is 4.35. The number of carbonyl (C=O) groups is 2. The van der Waals surface area contributed by atoms with Crippen LogP contribution in [-0.4, -0.2) is 41.0 Å². The molecule has 0 radical (unpaired) electrons. The fourth-order valence-electron chi connectivity index (χ4n) is 2.88. The number of hydrogen-bond donors (Lipinski definition) is 2. The normalized spacial score (nSPS) is 14.8. The van der Waals surface area contributed by atoms with Crippen LogP contribution in [0, 0.1) is 0 Å². The van der Waals surface area contributed by atoms with E-state index in [9.17, 15) is 9.59 Å². The lowest BCUT2D eigenvalue weighted by atomic mass is 10.0. The molecule has 0 atom stereocenters. The third-order valence-corrected chi connectivity index (χ3v) is 4.35. The van der Waals surface area contributed by atoms with Crippen molar-refractivity contribution in [1.82, 2.24) is 20.5 Å². The van der Waals surface area contributed by atoms with Crippen LogP contribution in [0.15, 0.2) is 54.9 Å². The second-order valence-electron chi connectivity index (χ2n) is 6.11. The molecule has 2 aromatic rings. The highest BCUT2D eigenvalue weighted by atomic mass is 16.2. The number of pyridine rings is 1. The molecule has 3 amide bonds. The summed E-state index contributed by atoms with van der Waals surface area (Å²) in [5, 5.41) is 5.97. The molecule has 6 nitrogen and oxygen atoms in total. The van der Waals surface area contributed by atoms with Crippen molar-refractivity contribution in [2.24, 2.45) is 0 Å². The number of urea groups is 1. The maximum absolute atomic E-state index is 12.2. The van der Waals surface area contributed by atoms with Gasteiger partial charge in [-0.2, -0.15) is 0 Å². The molecule has 0 unspecified atom stereocenters. The summed E-state index contributed by atoms with van der Waals surface area (Å²) in [4.78, 5) is 30.1. The first kappa shape index (κ1) is 17.0. The van der Waals surface area contributed by atoms with Crippen molar-refractivity contribution in [1.29, 1.82) is 0 Å². The van der Waals surface area contributed by atoms with E-state index in [-0.39, 0.29) is 18.0 Å². The Balaban J connectivity index is 1.42. The molecular formula is C19H22N4O2. The average Bonchev–Trinajstić information content (AvgIpc) is 2.68. The Labute approximate surface area is 147 Å². The van der Waals surface area contributed by atoms with Crippen molar-refractivity contribution < 1.29 is 9.59 Å². The minimum absolute atomic E-state index is 0.0530. The van der Waals surface area contributed by atoms with Gasteiger partial charge in [0.25, 0.3) is 5.91 Å². The topological polar surface area (TPSA) is 74.3 Å². The van der Waals surface area contributed by atoms with Gasteiger partial charge in [-0.3, -0.25) is 9.78 Å². The Bertz CT molecular complexity index is 698. The van der Waals surface area contributed by atoms with Gasteiger partial charge in [0, 0.05) is 43.6 Å². The Hall–Kier alpha value is -2.89. The molecule has 2 heterocycles. The number of nitrogens with one attached hydrogen (secondary N) is 2. The predicted octanol–water partition coefficient (Wildman–Crippen LogP) is 2.19. The molecule has 130 valence electrons. The van der Waals surface area contributed by atoms with Gasteiger partial charge >= 0.3 is 6.03 Å². The summed E-state index contributed by atoms with van der Waals surface area (Å²) < 4.78 is 0. The van der Waals surface area contributed by atoms with E-state index in [1.165, 1.54) is 0 Å². The first-order chi connectivity index (χ1) is 12.2. The molecular weight excluding hydrogens is 316 g/mol. The molecule has 1 aromatic carbocycles. The van der Waals surface area contributed by atoms with E-state index in [1.807, 2.05) is 30.3 Å². The molecule has 1 aromatic heterocycles. The number of amides is 3. The monoisotopic (exact) mass is 338 g/mol. The lowest BCUT2D eigenvalue weighted by Crippen LogP contribution is -2.49. The molecule has 6 heteroatoms. The van der Waals surface area contributed by atoms with Crippen molar-refractivity contribution >= 4 is 11.9 Å². The van der Waals surface area contributed by atoms with Gasteiger partial charge in [-0.05, 0) is 30.5 Å². The summed E-state index contributed by atoms with van der Waals surface area (Å²) in [6.45, 7) is 1.81. The molecule has 0 aliphatic carbocycles. The lowest BCUT2D eigenvalue weighted by Gasteiger charge is -2.32. The highest BCUT2D eigenvalue weighted by Crippen LogP contribution is 2.11. The van der Waals surface area contributed by atoms with Crippen LogP contribution in [0.5, 0.6) is 0 Å². The zero-order chi connectivity index (χ0) is 17.5. The summed E-state index contributed by atoms with van der Waals surface area (Å²) in [7, 11) is 0. The van der Waals surface area contributed by atoms with E-state index < -0.39 is 0 Å². The van der Waals surface area contributed by atoms with Crippen molar-refractivity contribution in [3.05, 3.63) is 66.0 Å². The van der Waals surface area contributed by atoms with E-state index in [0.29, 0.717) is 25.2 Å². The van der Waals surface area contributed by atoms with Gasteiger partial charge in [-0.1, -0.05) is 30.3 Å². The van der Waals surface area contributed by atoms with Gasteiger partial charge in [-0.25, -0.2) is 4.79 Å². The second-order valence-corrected chi connectivity index (χ2v) is 6.11. The molecule has 1 fully saturated rings. The summed E-state index contributed by atoms with van der Waals surface area (Å²) in [5.74, 6) is -0.0885. The van der Waals surface area contributed by atoms with E-state index in [2.05, 4.69) is 15.6 Å². The van der Waals surface area contributed by atoms with Crippen LogP contribution < -0.4 is 10.6 Å². The van der Waals surface area contributed by atoms with Crippen LogP contribution in [0.2, 0.25) is 0 Å². The van der Waals surface area contributed by atoms with E-state index in [1.54, 1.807) is 29.4 Å². The third kappa shape index (κ3) is 4.79. The van der Waals surface area contributed by atoms with Crippen molar-refractivity contribution in [2.75, 3.05) is 13.1 Å². The number of nitrogens with zero attached hydrogens (tertiary/aromatic N) is 2. The number of rotatable bonds is 4. The summed E-state index contributed by atoms with van der Waals surface area (Å²) in [5.41, 5.74) is 1.69. The van der Waals surface area contributed by atoms with Gasteiger partial charge in [0.1, 0.15) is 0 Å². The summed E-state index contributed by atoms with van der Waals surface area (Å²) >= 11 is 0. The van der Waals surface area contributed by atoms with E-state index in [0.717, 1.165) is 18.4 Å². The van der Waals surface area contributed by atoms with Crippen molar-refractivity contribution in [2.45, 2.75) is 25.4 Å². The van der Waals surface area contributed by atoms with Gasteiger partial charge < -0.3 is 15.5 Å². The van der Waals surface area contributed by atoms with Gasteiger partial charge in [0.05, 0.1) is 0 Å². The Kier molecular flexibility index (Phi) is 5.61. The Morgan fingerprint density at radius 1 is 1.04 bits per heavy atom. The molecule has 0 bridgehead atoms. The number of aromatic nitrogens is 1. The van der Waals surface area contributed by atoms with Crippen LogP contribution >= 0.6 is 0 Å². The second kappa shape index (κ2) is 8.28. The SMILES string of the molecule is O=C(NC1CCN(C(=O)NCc2ccccc2)CC1)c1ccncc1. The zero-order valence-corrected chi connectivity index (χ0v) is 14.0. The molecule has 0 saturated carbocycles. The first-order valence-electron chi connectivity index (χ1n) is 8.50. The highest BCUT2D eigenvalue weighted by molar-refractivity contribution is 5.94. The number of benzene rings is 1. The van der Waals surface area contributed by atoms with Crippen LogP contribution in [0.1, 0.15) is 28.8 Å². The molecule has 3 rings (SSSR count). The van der Waals surface area contributed by atoms with Gasteiger partial charge in [-0.15, -0.1) is 0 Å². The van der Waals surface area contributed by atoms with Crippen molar-refractivity contribution in [3.63, 3.8) is 0 Å². The molecule has 2 N–H and O–H groups in total. The van der Waals surface area contributed by atoms with E-state index >= 15 is 0 Å². The van der Waals surface area contributed by atoms with Gasteiger partial charge in [0.15, 0.2) is 0 Å². The minimum Gasteiger partial charge on any atom is -0.349 e. The Morgan fingerprint density at radius 2 is 1.72 bits per heavy atom. The number of carbonyl (C=O) groups excluding carboxylic acids is 2. The van der Waals surface area contributed by atoms with Crippen molar-refractivity contribution in [3.8, 4) is 0 Å². The number of piperidine rings is 1. The number of hydrogen-bond acceptors (Lipinski definition) is 3. The molecule has 25 heavy (non-hydrogen) atoms. The minimum atomic E-state index is -0.0885. The summed E-state index contributed by atoms with van der Waals surface area (Å²) in [6.07, 6.45) is 4.73. The molecule has 0 spiro atoms. The molecule has 1 aliphatic heterocycles. The van der Waals surface area contributed by atoms with Crippen LogP contribution in [0.4, 0.5) is 4.79 Å². The van der Waals surface area contributed by atoms with E-state index in [4.69, 9.17) is 0 Å². The zero-order valence-electron chi connectivity index (χ0n) is 14.0. The quantitative estimate of drug-likeness (QED) is 0.897. The smallest absolute Gasteiger partial charge is 0.317 e. The fraction of sp³-hybridized carbons (Fsp3) is 0.316. The van der Waals surface area contributed by atoms with Gasteiger partial charge in [0.2, 0.25) is 0 Å². The summed E-state index contributed by atoms with van der Waals surface area (Å²) in [6, 6.07) is 13.3. The molecule has 1 aliphatic rings. The largest absolute Gasteiger partial charge is 0.349 e. The van der Waals surface area contributed by atoms with Crippen LogP contribution in [-0.2, 0) is 6.54 Å². The molecule has 1 saturated heterocycles. The first-order valence-corrected chi connectivity index (χ1v) is 8.50.